The van der Waals surface area contributed by atoms with Gasteiger partial charge in [0.25, 0.3) is 0 Å². The van der Waals surface area contributed by atoms with Crippen molar-refractivity contribution in [2.75, 3.05) is 5.32 Å². The molecule has 3 N–H and O–H groups in total. The Kier molecular flexibility index (Phi) is 6.77. The normalized spacial score (nSPS) is 11.7. The Morgan fingerprint density at radius 2 is 1.88 bits per heavy atom. The van der Waals surface area contributed by atoms with E-state index in [0.717, 1.165) is 5.56 Å². The van der Waals surface area contributed by atoms with Crippen LogP contribution in [0.25, 0.3) is 0 Å². The van der Waals surface area contributed by atoms with Crippen molar-refractivity contribution in [3.05, 3.63) is 59.4 Å². The molecular formula is C18H21ClN4O2. The van der Waals surface area contributed by atoms with Crippen LogP contribution in [0.2, 0.25) is 5.02 Å². The number of carbonyl (C=O) groups is 2. The van der Waals surface area contributed by atoms with Crippen LogP contribution in [0.4, 0.5) is 10.5 Å². The third-order valence-electron chi connectivity index (χ3n) is 3.53. The van der Waals surface area contributed by atoms with E-state index < -0.39 is 12.1 Å². The minimum atomic E-state index is -0.649. The van der Waals surface area contributed by atoms with Gasteiger partial charge in [-0.15, -0.1) is 0 Å². The standard InChI is InChI=1S/C18H21ClN4O2/c1-12(2)16(17(24)21-11-13-4-3-9-20-10-13)23-18(25)22-15-7-5-14(19)6-8-15/h3-10,12,16H,11H2,1-2H3,(H,21,24)(H2,22,23,25)/t16-/m0/s1. The summed E-state index contributed by atoms with van der Waals surface area (Å²) in [6, 6.07) is 9.32. The molecule has 1 heterocycles. The fourth-order valence-corrected chi connectivity index (χ4v) is 2.30. The maximum atomic E-state index is 12.4. The number of halogens is 1. The maximum absolute atomic E-state index is 12.4. The summed E-state index contributed by atoms with van der Waals surface area (Å²) in [5.74, 6) is -0.310. The number of urea groups is 1. The van der Waals surface area contributed by atoms with Crippen LogP contribution in [-0.2, 0) is 11.3 Å². The van der Waals surface area contributed by atoms with Gasteiger partial charge in [-0.05, 0) is 41.8 Å². The fraction of sp³-hybridized carbons (Fsp3) is 0.278. The highest BCUT2D eigenvalue weighted by Crippen LogP contribution is 2.13. The molecule has 3 amide bonds. The predicted molar refractivity (Wildman–Crippen MR) is 98.3 cm³/mol. The van der Waals surface area contributed by atoms with E-state index >= 15 is 0 Å². The second-order valence-corrected chi connectivity index (χ2v) is 6.34. The quantitative estimate of drug-likeness (QED) is 0.739. The minimum Gasteiger partial charge on any atom is -0.350 e. The summed E-state index contributed by atoms with van der Waals surface area (Å²) < 4.78 is 0. The Morgan fingerprint density at radius 3 is 2.48 bits per heavy atom. The molecule has 0 aliphatic heterocycles. The van der Waals surface area contributed by atoms with Crippen LogP contribution < -0.4 is 16.0 Å². The van der Waals surface area contributed by atoms with Crippen molar-refractivity contribution in [3.63, 3.8) is 0 Å². The first-order chi connectivity index (χ1) is 12.0. The molecular weight excluding hydrogens is 340 g/mol. The lowest BCUT2D eigenvalue weighted by molar-refractivity contribution is -0.124. The lowest BCUT2D eigenvalue weighted by Crippen LogP contribution is -2.50. The highest BCUT2D eigenvalue weighted by molar-refractivity contribution is 6.30. The molecule has 132 valence electrons. The lowest BCUT2D eigenvalue weighted by atomic mass is 10.0. The van der Waals surface area contributed by atoms with E-state index in [4.69, 9.17) is 11.6 Å². The fourth-order valence-electron chi connectivity index (χ4n) is 2.18. The summed E-state index contributed by atoms with van der Waals surface area (Å²) in [4.78, 5) is 28.5. The predicted octanol–water partition coefficient (Wildman–Crippen LogP) is 3.20. The average Bonchev–Trinajstić information content (AvgIpc) is 2.60. The molecule has 2 aromatic rings. The first kappa shape index (κ1) is 18.7. The zero-order valence-electron chi connectivity index (χ0n) is 14.1. The van der Waals surface area contributed by atoms with Crippen molar-refractivity contribution >= 4 is 29.2 Å². The van der Waals surface area contributed by atoms with Crippen molar-refractivity contribution in [1.82, 2.24) is 15.6 Å². The number of nitrogens with one attached hydrogen (secondary N) is 3. The van der Waals surface area contributed by atoms with Gasteiger partial charge in [0, 0.05) is 29.6 Å². The number of rotatable bonds is 6. The average molecular weight is 361 g/mol. The Labute approximate surface area is 152 Å². The van der Waals surface area contributed by atoms with Gasteiger partial charge in [0.2, 0.25) is 5.91 Å². The minimum absolute atomic E-state index is 0.0649. The summed E-state index contributed by atoms with van der Waals surface area (Å²) in [6.07, 6.45) is 3.36. The molecule has 0 saturated heterocycles. The molecule has 0 radical (unpaired) electrons. The van der Waals surface area contributed by atoms with Crippen molar-refractivity contribution in [2.24, 2.45) is 5.92 Å². The van der Waals surface area contributed by atoms with E-state index in [1.165, 1.54) is 0 Å². The van der Waals surface area contributed by atoms with Crippen molar-refractivity contribution in [1.29, 1.82) is 0 Å². The van der Waals surface area contributed by atoms with Crippen LogP contribution >= 0.6 is 11.6 Å². The van der Waals surface area contributed by atoms with Gasteiger partial charge in [-0.1, -0.05) is 31.5 Å². The molecule has 0 unspecified atom stereocenters. The molecule has 25 heavy (non-hydrogen) atoms. The van der Waals surface area contributed by atoms with E-state index in [1.807, 2.05) is 19.9 Å². The molecule has 0 fully saturated rings. The van der Waals surface area contributed by atoms with Gasteiger partial charge in [0.1, 0.15) is 6.04 Å². The Bertz CT molecular complexity index is 705. The topological polar surface area (TPSA) is 83.1 Å². The van der Waals surface area contributed by atoms with E-state index in [9.17, 15) is 9.59 Å². The van der Waals surface area contributed by atoms with Crippen LogP contribution in [0.5, 0.6) is 0 Å². The summed E-state index contributed by atoms with van der Waals surface area (Å²) in [7, 11) is 0. The van der Waals surface area contributed by atoms with E-state index in [0.29, 0.717) is 17.3 Å². The van der Waals surface area contributed by atoms with Gasteiger partial charge in [0.15, 0.2) is 0 Å². The molecule has 1 atom stereocenters. The maximum Gasteiger partial charge on any atom is 0.319 e. The van der Waals surface area contributed by atoms with E-state index in [-0.39, 0.29) is 11.8 Å². The van der Waals surface area contributed by atoms with Crippen LogP contribution in [0.15, 0.2) is 48.8 Å². The second-order valence-electron chi connectivity index (χ2n) is 5.91. The SMILES string of the molecule is CC(C)[C@H](NC(=O)Nc1ccc(Cl)cc1)C(=O)NCc1cccnc1. The summed E-state index contributed by atoms with van der Waals surface area (Å²) >= 11 is 5.82. The number of aromatic nitrogens is 1. The molecule has 6 nitrogen and oxygen atoms in total. The number of amides is 3. The van der Waals surface area contributed by atoms with Crippen LogP contribution in [0.3, 0.4) is 0 Å². The Hall–Kier alpha value is -2.60. The van der Waals surface area contributed by atoms with Gasteiger partial charge in [0.05, 0.1) is 0 Å². The van der Waals surface area contributed by atoms with Crippen molar-refractivity contribution in [3.8, 4) is 0 Å². The monoisotopic (exact) mass is 360 g/mol. The number of carbonyl (C=O) groups excluding carboxylic acids is 2. The molecule has 7 heteroatoms. The van der Waals surface area contributed by atoms with E-state index in [1.54, 1.807) is 42.7 Å². The Balaban J connectivity index is 1.91. The molecule has 0 aliphatic carbocycles. The summed E-state index contributed by atoms with van der Waals surface area (Å²) in [6.45, 7) is 4.10. The van der Waals surface area contributed by atoms with Crippen LogP contribution in [0.1, 0.15) is 19.4 Å². The first-order valence-electron chi connectivity index (χ1n) is 7.95. The van der Waals surface area contributed by atoms with Gasteiger partial charge >= 0.3 is 6.03 Å². The zero-order chi connectivity index (χ0) is 18.2. The lowest BCUT2D eigenvalue weighted by Gasteiger charge is -2.22. The highest BCUT2D eigenvalue weighted by atomic mass is 35.5. The Morgan fingerprint density at radius 1 is 1.16 bits per heavy atom. The third kappa shape index (κ3) is 6.08. The molecule has 1 aromatic heterocycles. The number of nitrogens with zero attached hydrogens (tertiary/aromatic N) is 1. The highest BCUT2D eigenvalue weighted by Gasteiger charge is 2.24. The smallest absolute Gasteiger partial charge is 0.319 e. The van der Waals surface area contributed by atoms with Gasteiger partial charge in [-0.25, -0.2) is 4.79 Å². The molecule has 0 bridgehead atoms. The molecule has 2 rings (SSSR count). The number of hydrogen-bond acceptors (Lipinski definition) is 3. The molecule has 0 saturated carbocycles. The van der Waals surface area contributed by atoms with Gasteiger partial charge in [-0.3, -0.25) is 9.78 Å². The number of benzene rings is 1. The third-order valence-corrected chi connectivity index (χ3v) is 3.78. The van der Waals surface area contributed by atoms with E-state index in [2.05, 4.69) is 20.9 Å². The number of anilines is 1. The summed E-state index contributed by atoms with van der Waals surface area (Å²) in [5.41, 5.74) is 1.49. The number of hydrogen-bond donors (Lipinski definition) is 3. The molecule has 1 aromatic carbocycles. The van der Waals surface area contributed by atoms with Gasteiger partial charge < -0.3 is 16.0 Å². The zero-order valence-corrected chi connectivity index (χ0v) is 14.9. The van der Waals surface area contributed by atoms with Crippen LogP contribution in [-0.4, -0.2) is 23.0 Å². The number of pyridine rings is 1. The van der Waals surface area contributed by atoms with Crippen molar-refractivity contribution in [2.45, 2.75) is 26.4 Å². The molecule has 0 spiro atoms. The molecule has 0 aliphatic rings. The largest absolute Gasteiger partial charge is 0.350 e. The second kappa shape index (κ2) is 9.03. The van der Waals surface area contributed by atoms with Crippen molar-refractivity contribution < 1.29 is 9.59 Å². The van der Waals surface area contributed by atoms with Crippen LogP contribution in [0, 0.1) is 5.92 Å². The van der Waals surface area contributed by atoms with Gasteiger partial charge in [-0.2, -0.15) is 0 Å². The summed E-state index contributed by atoms with van der Waals surface area (Å²) in [5, 5.41) is 8.79. The first-order valence-corrected chi connectivity index (χ1v) is 8.33.